The summed E-state index contributed by atoms with van der Waals surface area (Å²) in [5.74, 6) is 0. The molecule has 0 amide bonds. The molecule has 0 unspecified atom stereocenters. The van der Waals surface area contributed by atoms with Crippen molar-refractivity contribution >= 4 is 6.21 Å². The highest BCUT2D eigenvalue weighted by Crippen LogP contribution is 1.99. The second kappa shape index (κ2) is 6.35. The van der Waals surface area contributed by atoms with Crippen LogP contribution in [0.3, 0.4) is 0 Å². The van der Waals surface area contributed by atoms with Crippen molar-refractivity contribution < 1.29 is 0 Å². The molecule has 0 N–H and O–H groups in total. The number of nitrogens with zero attached hydrogens (tertiary/aromatic N) is 1. The molecule has 1 nitrogen and oxygen atoms in total. The molecule has 0 aromatic carbocycles. The first-order valence-corrected chi connectivity index (χ1v) is 3.79. The van der Waals surface area contributed by atoms with Crippen molar-refractivity contribution in [2.75, 3.05) is 7.05 Å². The average molecular weight is 161 g/mol. The van der Waals surface area contributed by atoms with E-state index < -0.39 is 0 Å². The van der Waals surface area contributed by atoms with Crippen LogP contribution in [0.25, 0.3) is 0 Å². The van der Waals surface area contributed by atoms with Gasteiger partial charge < -0.3 is 0 Å². The predicted octanol–water partition coefficient (Wildman–Crippen LogP) is 2.93. The molecule has 0 bridgehead atoms. The standard InChI is InChI=1S/C11H15N/c1-5-11(8-9-12-4)7-6-10(2)3/h5-9H,1-2H2,3-4H3/b7-6+,11-8+,12-9?. The van der Waals surface area contributed by atoms with Crippen LogP contribution in [0.1, 0.15) is 6.92 Å². The molecule has 0 spiro atoms. The van der Waals surface area contributed by atoms with Gasteiger partial charge in [0.1, 0.15) is 0 Å². The minimum atomic E-state index is 1.02. The van der Waals surface area contributed by atoms with Crippen LogP contribution < -0.4 is 0 Å². The van der Waals surface area contributed by atoms with Crippen molar-refractivity contribution in [3.63, 3.8) is 0 Å². The van der Waals surface area contributed by atoms with Gasteiger partial charge in [0, 0.05) is 13.3 Å². The number of aliphatic imine (C=N–C) groups is 1. The number of hydrogen-bond donors (Lipinski definition) is 0. The van der Waals surface area contributed by atoms with Gasteiger partial charge in [-0.1, -0.05) is 37.0 Å². The molecule has 0 radical (unpaired) electrons. The third kappa shape index (κ3) is 5.42. The second-order valence-corrected chi connectivity index (χ2v) is 2.46. The Kier molecular flexibility index (Phi) is 5.62. The van der Waals surface area contributed by atoms with Gasteiger partial charge in [0.15, 0.2) is 0 Å². The Balaban J connectivity index is 4.36. The van der Waals surface area contributed by atoms with Gasteiger partial charge in [-0.15, -0.1) is 0 Å². The maximum absolute atomic E-state index is 3.85. The summed E-state index contributed by atoms with van der Waals surface area (Å²) in [5.41, 5.74) is 2.06. The van der Waals surface area contributed by atoms with Crippen molar-refractivity contribution in [3.8, 4) is 0 Å². The number of hydrogen-bond acceptors (Lipinski definition) is 1. The first-order chi connectivity index (χ1) is 5.70. The zero-order valence-corrected chi connectivity index (χ0v) is 7.75. The Hall–Kier alpha value is -1.37. The molecule has 0 heterocycles. The van der Waals surface area contributed by atoms with E-state index in [1.807, 2.05) is 25.2 Å². The van der Waals surface area contributed by atoms with E-state index in [0.717, 1.165) is 11.1 Å². The summed E-state index contributed by atoms with van der Waals surface area (Å²) in [5, 5.41) is 0. The van der Waals surface area contributed by atoms with E-state index in [9.17, 15) is 0 Å². The van der Waals surface area contributed by atoms with E-state index in [-0.39, 0.29) is 0 Å². The molecule has 12 heavy (non-hydrogen) atoms. The average Bonchev–Trinajstić information content (AvgIpc) is 2.05. The van der Waals surface area contributed by atoms with Crippen LogP contribution in [0, 0.1) is 0 Å². The Morgan fingerprint density at radius 1 is 1.33 bits per heavy atom. The monoisotopic (exact) mass is 161 g/mol. The maximum Gasteiger partial charge on any atom is 0.0277 e. The molecule has 0 aliphatic carbocycles. The highest BCUT2D eigenvalue weighted by atomic mass is 14.6. The van der Waals surface area contributed by atoms with E-state index in [0.29, 0.717) is 0 Å². The van der Waals surface area contributed by atoms with Gasteiger partial charge in [-0.2, -0.15) is 0 Å². The lowest BCUT2D eigenvalue weighted by molar-refractivity contribution is 1.47. The fourth-order valence-corrected chi connectivity index (χ4v) is 0.591. The lowest BCUT2D eigenvalue weighted by atomic mass is 10.2. The third-order valence-corrected chi connectivity index (χ3v) is 1.21. The Morgan fingerprint density at radius 3 is 2.42 bits per heavy atom. The molecule has 0 aliphatic heterocycles. The van der Waals surface area contributed by atoms with Gasteiger partial charge in [0.05, 0.1) is 0 Å². The summed E-state index contributed by atoms with van der Waals surface area (Å²) in [6, 6.07) is 0. The largest absolute Gasteiger partial charge is 0.296 e. The fraction of sp³-hybridized carbons (Fsp3) is 0.182. The van der Waals surface area contributed by atoms with Gasteiger partial charge >= 0.3 is 0 Å². The Labute approximate surface area is 74.5 Å². The van der Waals surface area contributed by atoms with Crippen molar-refractivity contribution in [1.29, 1.82) is 0 Å². The molecule has 0 atom stereocenters. The lowest BCUT2D eigenvalue weighted by Gasteiger charge is -1.89. The zero-order valence-electron chi connectivity index (χ0n) is 7.75. The van der Waals surface area contributed by atoms with Gasteiger partial charge in [0.2, 0.25) is 0 Å². The molecule has 0 fully saturated rings. The van der Waals surface area contributed by atoms with Crippen LogP contribution in [0.2, 0.25) is 0 Å². The normalized spacial score (nSPS) is 12.7. The van der Waals surface area contributed by atoms with E-state index >= 15 is 0 Å². The summed E-state index contributed by atoms with van der Waals surface area (Å²) in [7, 11) is 1.74. The molecular weight excluding hydrogens is 146 g/mol. The quantitative estimate of drug-likeness (QED) is 0.444. The van der Waals surface area contributed by atoms with Crippen LogP contribution in [-0.2, 0) is 0 Å². The third-order valence-electron chi connectivity index (χ3n) is 1.21. The second-order valence-electron chi connectivity index (χ2n) is 2.46. The van der Waals surface area contributed by atoms with Gasteiger partial charge in [-0.05, 0) is 18.6 Å². The first kappa shape index (κ1) is 10.6. The molecule has 0 aromatic rings. The van der Waals surface area contributed by atoms with Crippen LogP contribution in [0.4, 0.5) is 0 Å². The molecular formula is C11H15N. The van der Waals surface area contributed by atoms with E-state index in [1.54, 1.807) is 19.3 Å². The van der Waals surface area contributed by atoms with Crippen molar-refractivity contribution in [3.05, 3.63) is 48.6 Å². The highest BCUT2D eigenvalue weighted by Gasteiger charge is 1.81. The van der Waals surface area contributed by atoms with Crippen LogP contribution in [0.15, 0.2) is 53.6 Å². The minimum absolute atomic E-state index is 1.02. The minimum Gasteiger partial charge on any atom is -0.296 e. The summed E-state index contributed by atoms with van der Waals surface area (Å²) in [4.78, 5) is 3.85. The topological polar surface area (TPSA) is 12.4 Å². The molecule has 0 aliphatic rings. The number of rotatable bonds is 4. The van der Waals surface area contributed by atoms with E-state index in [1.165, 1.54) is 0 Å². The molecule has 1 heteroatoms. The van der Waals surface area contributed by atoms with E-state index in [4.69, 9.17) is 0 Å². The summed E-state index contributed by atoms with van der Waals surface area (Å²) in [6.45, 7) is 9.39. The smallest absolute Gasteiger partial charge is 0.0277 e. The molecule has 0 aromatic heterocycles. The summed E-state index contributed by atoms with van der Waals surface area (Å²) >= 11 is 0. The van der Waals surface area contributed by atoms with Gasteiger partial charge in [-0.25, -0.2) is 0 Å². The van der Waals surface area contributed by atoms with Crippen molar-refractivity contribution in [1.82, 2.24) is 0 Å². The van der Waals surface area contributed by atoms with Crippen LogP contribution in [0.5, 0.6) is 0 Å². The van der Waals surface area contributed by atoms with Gasteiger partial charge in [0.25, 0.3) is 0 Å². The lowest BCUT2D eigenvalue weighted by Crippen LogP contribution is -1.73. The zero-order chi connectivity index (χ0) is 9.40. The molecule has 0 saturated heterocycles. The number of allylic oxidation sites excluding steroid dienone is 6. The fourth-order valence-electron chi connectivity index (χ4n) is 0.591. The van der Waals surface area contributed by atoms with E-state index in [2.05, 4.69) is 18.2 Å². The highest BCUT2D eigenvalue weighted by molar-refractivity contribution is 5.73. The van der Waals surface area contributed by atoms with Crippen molar-refractivity contribution in [2.45, 2.75) is 6.92 Å². The maximum atomic E-state index is 3.85. The van der Waals surface area contributed by atoms with Crippen molar-refractivity contribution in [2.24, 2.45) is 4.99 Å². The van der Waals surface area contributed by atoms with Gasteiger partial charge in [-0.3, -0.25) is 4.99 Å². The summed E-state index contributed by atoms with van der Waals surface area (Å²) < 4.78 is 0. The first-order valence-electron chi connectivity index (χ1n) is 3.79. The Morgan fingerprint density at radius 2 is 2.00 bits per heavy atom. The SMILES string of the molecule is C=CC(/C=C/C(=C)C)=C\C=NC. The molecule has 64 valence electrons. The summed E-state index contributed by atoms with van der Waals surface area (Å²) in [6.07, 6.45) is 9.31. The Bertz CT molecular complexity index is 242. The molecule has 0 saturated carbocycles. The molecule has 0 rings (SSSR count). The van der Waals surface area contributed by atoms with Crippen LogP contribution in [-0.4, -0.2) is 13.3 Å². The van der Waals surface area contributed by atoms with Crippen LogP contribution >= 0.6 is 0 Å². The predicted molar refractivity (Wildman–Crippen MR) is 56.7 cm³/mol.